The summed E-state index contributed by atoms with van der Waals surface area (Å²) in [6.07, 6.45) is 0. The number of carbonyl (C=O) groups excluding carboxylic acids is 3. The summed E-state index contributed by atoms with van der Waals surface area (Å²) in [6.45, 7) is -1.07. The highest BCUT2D eigenvalue weighted by Gasteiger charge is 2.56. The molecule has 10 nitrogen and oxygen atoms in total. The van der Waals surface area contributed by atoms with Gasteiger partial charge in [-0.15, -0.1) is 0 Å². The van der Waals surface area contributed by atoms with Crippen molar-refractivity contribution >= 4 is 75.7 Å². The number of rotatable bonds is 7. The number of aromatic nitrogens is 1. The van der Waals surface area contributed by atoms with Crippen molar-refractivity contribution < 1.29 is 29.0 Å². The number of carboxylic acid groups (broad SMARTS) is 1. The van der Waals surface area contributed by atoms with Gasteiger partial charge in [-0.2, -0.15) is 0 Å². The Kier molecular flexibility index (Phi) is 7.23. The fourth-order valence-electron chi connectivity index (χ4n) is 4.44. The molecule has 2 unspecified atom stereocenters. The molecule has 1 fully saturated rings. The van der Waals surface area contributed by atoms with Crippen LogP contribution in [0.25, 0.3) is 0 Å². The summed E-state index contributed by atoms with van der Waals surface area (Å²) in [5.74, 6) is -4.24. The van der Waals surface area contributed by atoms with E-state index >= 15 is 0 Å². The molecule has 0 radical (unpaired) electrons. The number of likely N-dealkylation sites (tertiary alicyclic amines) is 1. The van der Waals surface area contributed by atoms with Crippen LogP contribution in [-0.4, -0.2) is 57.1 Å². The van der Waals surface area contributed by atoms with Crippen LogP contribution in [0.2, 0.25) is 10.0 Å². The van der Waals surface area contributed by atoms with Crippen LogP contribution in [0, 0.1) is 5.92 Å². The smallest absolute Gasteiger partial charge is 0.323 e. The molecule has 3 heterocycles. The lowest BCUT2D eigenvalue weighted by atomic mass is 9.83. The molecule has 0 bridgehead atoms. The number of nitrogens with one attached hydrogen (secondary N) is 2. The number of H-pyrrole nitrogens is 1. The second kappa shape index (κ2) is 10.4. The van der Waals surface area contributed by atoms with Crippen molar-refractivity contribution in [2.24, 2.45) is 5.92 Å². The lowest BCUT2D eigenvalue weighted by Crippen LogP contribution is -2.36. The first-order valence-electron chi connectivity index (χ1n) is 11.1. The highest BCUT2D eigenvalue weighted by molar-refractivity contribution is 8.00. The van der Waals surface area contributed by atoms with E-state index in [4.69, 9.17) is 27.9 Å². The number of nitrogens with zero attached hydrogens (tertiary/aromatic N) is 1. The summed E-state index contributed by atoms with van der Waals surface area (Å²) in [4.78, 5) is 65.8. The monoisotopic (exact) mass is 593 g/mol. The fraction of sp³-hybridized carbons (Fsp3) is 0.208. The molecule has 0 aliphatic carbocycles. The van der Waals surface area contributed by atoms with Crippen molar-refractivity contribution in [3.63, 3.8) is 0 Å². The number of anilines is 1. The number of thioether (sulfide) groups is 1. The minimum atomic E-state index is -1.30. The van der Waals surface area contributed by atoms with Crippen LogP contribution < -0.4 is 14.9 Å². The van der Waals surface area contributed by atoms with Crippen molar-refractivity contribution in [2.75, 3.05) is 18.5 Å². The van der Waals surface area contributed by atoms with Gasteiger partial charge in [0.2, 0.25) is 11.8 Å². The van der Waals surface area contributed by atoms with E-state index in [9.17, 15) is 29.1 Å². The Morgan fingerprint density at radius 2 is 1.87 bits per heavy atom. The zero-order valence-corrected chi connectivity index (χ0v) is 22.2. The molecular formula is C24H17Cl2N3O7S2. The van der Waals surface area contributed by atoms with E-state index < -0.39 is 47.3 Å². The van der Waals surface area contributed by atoms with E-state index in [1.165, 1.54) is 6.07 Å². The molecule has 3 aromatic rings. The minimum Gasteiger partial charge on any atom is -0.484 e. The maximum Gasteiger partial charge on any atom is 0.323 e. The van der Waals surface area contributed by atoms with Crippen molar-refractivity contribution in [1.29, 1.82) is 0 Å². The minimum absolute atomic E-state index is 0.287. The molecule has 2 aromatic carbocycles. The number of imide groups is 1. The molecule has 0 saturated carbocycles. The number of fused-ring (bicyclic) bond motifs is 2. The number of benzene rings is 2. The van der Waals surface area contributed by atoms with Crippen LogP contribution in [0.15, 0.2) is 52.3 Å². The average molecular weight is 594 g/mol. The second-order valence-corrected chi connectivity index (χ2v) is 11.4. The third-order valence-electron chi connectivity index (χ3n) is 6.00. The predicted octanol–water partition coefficient (Wildman–Crippen LogP) is 3.44. The van der Waals surface area contributed by atoms with Crippen LogP contribution in [0.4, 0.5) is 5.69 Å². The zero-order chi connectivity index (χ0) is 27.1. The maximum absolute atomic E-state index is 13.2. The summed E-state index contributed by atoms with van der Waals surface area (Å²) in [5.41, 5.74) is 1.02. The lowest BCUT2D eigenvalue weighted by Gasteiger charge is -2.30. The summed E-state index contributed by atoms with van der Waals surface area (Å²) in [5, 5.41) is 12.1. The number of hydrogen-bond donors (Lipinski definition) is 3. The first kappa shape index (κ1) is 26.3. The molecular weight excluding hydrogens is 577 g/mol. The molecule has 3 amide bonds. The normalized spacial score (nSPS) is 20.2. The van der Waals surface area contributed by atoms with Gasteiger partial charge in [0.25, 0.3) is 5.91 Å². The molecule has 0 spiro atoms. The van der Waals surface area contributed by atoms with Gasteiger partial charge in [0.1, 0.15) is 17.5 Å². The number of hydrogen-bond acceptors (Lipinski definition) is 8. The molecule has 2 aliphatic rings. The Hall–Kier alpha value is -3.32. The van der Waals surface area contributed by atoms with Gasteiger partial charge >= 0.3 is 10.8 Å². The van der Waals surface area contributed by atoms with E-state index in [1.54, 1.807) is 36.4 Å². The summed E-state index contributed by atoms with van der Waals surface area (Å²) in [7, 11) is 0. The third-order valence-corrected chi connectivity index (χ3v) is 9.14. The predicted molar refractivity (Wildman–Crippen MR) is 141 cm³/mol. The van der Waals surface area contributed by atoms with Gasteiger partial charge in [-0.05, 0) is 35.9 Å². The SMILES string of the molecule is O=C(O)CN1C(=O)C2Sc3[nH]c(=O)sc3[C@@H](c3cccc(OCC(=O)Nc4ccc(Cl)c(Cl)c4)c3)C2C1=O. The number of carbonyl (C=O) groups is 4. The van der Waals surface area contributed by atoms with Crippen molar-refractivity contribution in [1.82, 2.24) is 9.88 Å². The molecule has 3 atom stereocenters. The largest absolute Gasteiger partial charge is 0.484 e. The fourth-order valence-corrected chi connectivity index (χ4v) is 7.28. The number of carboxylic acids is 1. The molecule has 1 aromatic heterocycles. The first-order valence-corrected chi connectivity index (χ1v) is 13.5. The van der Waals surface area contributed by atoms with E-state index in [1.807, 2.05) is 0 Å². The molecule has 3 N–H and O–H groups in total. The molecule has 1 saturated heterocycles. The number of aliphatic carboxylic acids is 1. The third kappa shape index (κ3) is 5.04. The van der Waals surface area contributed by atoms with Gasteiger partial charge in [-0.3, -0.25) is 28.9 Å². The van der Waals surface area contributed by atoms with Crippen molar-refractivity contribution in [3.05, 3.63) is 72.6 Å². The van der Waals surface area contributed by atoms with E-state index in [-0.39, 0.29) is 16.5 Å². The standard InChI is InChI=1S/C24H17Cl2N3O7S2/c25-13-5-4-11(7-14(13)26)27-15(30)9-36-12-3-1-2-10(6-12)17-18-20(37-21-19(17)38-24(35)28-21)23(34)29(22(18)33)8-16(31)32/h1-7,17-18,20H,8-9H2,(H,27,30)(H,28,35)(H,31,32)/t17-,18?,20?/m0/s1. The highest BCUT2D eigenvalue weighted by Crippen LogP contribution is 2.52. The number of amides is 3. The Bertz CT molecular complexity index is 1540. The van der Waals surface area contributed by atoms with E-state index in [0.29, 0.717) is 31.9 Å². The number of halogens is 2. The molecule has 38 heavy (non-hydrogen) atoms. The molecule has 2 aliphatic heterocycles. The highest BCUT2D eigenvalue weighted by atomic mass is 35.5. The average Bonchev–Trinajstić information content (AvgIpc) is 3.35. The summed E-state index contributed by atoms with van der Waals surface area (Å²) >= 11 is 13.9. The quantitative estimate of drug-likeness (QED) is 0.353. The molecule has 14 heteroatoms. The number of ether oxygens (including phenoxy) is 1. The van der Waals surface area contributed by atoms with Crippen LogP contribution in [0.3, 0.4) is 0 Å². The second-order valence-electron chi connectivity index (χ2n) is 8.44. The van der Waals surface area contributed by atoms with Gasteiger partial charge in [0, 0.05) is 16.5 Å². The Morgan fingerprint density at radius 1 is 1.08 bits per heavy atom. The van der Waals surface area contributed by atoms with Crippen molar-refractivity contribution in [2.45, 2.75) is 16.2 Å². The van der Waals surface area contributed by atoms with Crippen LogP contribution in [0.1, 0.15) is 16.4 Å². The summed E-state index contributed by atoms with van der Waals surface area (Å²) in [6, 6.07) is 11.3. The molecule has 196 valence electrons. The van der Waals surface area contributed by atoms with Crippen molar-refractivity contribution in [3.8, 4) is 5.75 Å². The van der Waals surface area contributed by atoms with Crippen LogP contribution in [-0.2, 0) is 19.2 Å². The van der Waals surface area contributed by atoms with E-state index in [0.717, 1.165) is 28.0 Å². The van der Waals surface area contributed by atoms with Gasteiger partial charge in [-0.25, -0.2) is 0 Å². The lowest BCUT2D eigenvalue weighted by molar-refractivity contribution is -0.149. The number of aromatic amines is 1. The summed E-state index contributed by atoms with van der Waals surface area (Å²) < 4.78 is 5.67. The molecule has 5 rings (SSSR count). The Balaban J connectivity index is 1.39. The van der Waals surface area contributed by atoms with Gasteiger partial charge < -0.3 is 20.1 Å². The van der Waals surface area contributed by atoms with E-state index in [2.05, 4.69) is 10.3 Å². The zero-order valence-electron chi connectivity index (χ0n) is 19.1. The van der Waals surface area contributed by atoms with Crippen LogP contribution in [0.5, 0.6) is 5.75 Å². The van der Waals surface area contributed by atoms with Gasteiger partial charge in [0.15, 0.2) is 6.61 Å². The van der Waals surface area contributed by atoms with Gasteiger partial charge in [-0.1, -0.05) is 58.4 Å². The Morgan fingerprint density at radius 3 is 2.61 bits per heavy atom. The number of thiazole rings is 1. The first-order chi connectivity index (χ1) is 18.1. The maximum atomic E-state index is 13.2. The topological polar surface area (TPSA) is 146 Å². The van der Waals surface area contributed by atoms with Crippen LogP contribution >= 0.6 is 46.3 Å². The Labute approximate surface area is 232 Å². The van der Waals surface area contributed by atoms with Gasteiger partial charge in [0.05, 0.1) is 21.0 Å².